The van der Waals surface area contributed by atoms with Crippen molar-refractivity contribution in [1.82, 2.24) is 5.32 Å². The van der Waals surface area contributed by atoms with Gasteiger partial charge in [0.05, 0.1) is 0 Å². The average molecular weight is 259 g/mol. The SMILES string of the molecule is CCCNCC(C)(O)COc1cc(F)ccc1F. The monoisotopic (exact) mass is 259 g/mol. The van der Waals surface area contributed by atoms with Gasteiger partial charge >= 0.3 is 0 Å². The molecule has 18 heavy (non-hydrogen) atoms. The second-order valence-electron chi connectivity index (χ2n) is 4.54. The van der Waals surface area contributed by atoms with E-state index >= 15 is 0 Å². The number of nitrogens with one attached hydrogen (secondary N) is 1. The van der Waals surface area contributed by atoms with E-state index in [1.165, 1.54) is 0 Å². The standard InChI is InChI=1S/C13H19F2NO2/c1-3-6-16-8-13(2,17)9-18-12-7-10(14)4-5-11(12)15/h4-5,7,16-17H,3,6,8-9H2,1-2H3. The van der Waals surface area contributed by atoms with Crippen molar-refractivity contribution < 1.29 is 18.6 Å². The third-order valence-electron chi connectivity index (χ3n) is 2.36. The minimum atomic E-state index is -1.13. The van der Waals surface area contributed by atoms with E-state index < -0.39 is 17.2 Å². The molecule has 1 rings (SSSR count). The lowest BCUT2D eigenvalue weighted by Crippen LogP contribution is -2.43. The van der Waals surface area contributed by atoms with Crippen LogP contribution in [0, 0.1) is 11.6 Å². The molecule has 0 bridgehead atoms. The van der Waals surface area contributed by atoms with Crippen molar-refractivity contribution in [3.05, 3.63) is 29.8 Å². The van der Waals surface area contributed by atoms with Gasteiger partial charge < -0.3 is 15.2 Å². The van der Waals surface area contributed by atoms with Crippen molar-refractivity contribution in [2.45, 2.75) is 25.9 Å². The summed E-state index contributed by atoms with van der Waals surface area (Å²) in [5.41, 5.74) is -1.13. The number of ether oxygens (including phenoxy) is 1. The smallest absolute Gasteiger partial charge is 0.165 e. The molecule has 0 spiro atoms. The van der Waals surface area contributed by atoms with Gasteiger partial charge in [-0.15, -0.1) is 0 Å². The summed E-state index contributed by atoms with van der Waals surface area (Å²) in [5.74, 6) is -1.41. The van der Waals surface area contributed by atoms with E-state index in [1.54, 1.807) is 6.92 Å². The van der Waals surface area contributed by atoms with Crippen molar-refractivity contribution in [2.75, 3.05) is 19.7 Å². The van der Waals surface area contributed by atoms with Crippen LogP contribution >= 0.6 is 0 Å². The maximum absolute atomic E-state index is 13.3. The number of hydrogen-bond donors (Lipinski definition) is 2. The molecule has 0 saturated carbocycles. The van der Waals surface area contributed by atoms with Gasteiger partial charge in [0.25, 0.3) is 0 Å². The third-order valence-corrected chi connectivity index (χ3v) is 2.36. The molecule has 5 heteroatoms. The summed E-state index contributed by atoms with van der Waals surface area (Å²) < 4.78 is 31.3. The zero-order chi connectivity index (χ0) is 13.6. The van der Waals surface area contributed by atoms with Gasteiger partial charge in [-0.1, -0.05) is 6.92 Å². The molecule has 0 fully saturated rings. The first-order valence-electron chi connectivity index (χ1n) is 5.95. The van der Waals surface area contributed by atoms with Crippen LogP contribution in [-0.4, -0.2) is 30.4 Å². The first-order chi connectivity index (χ1) is 8.44. The highest BCUT2D eigenvalue weighted by atomic mass is 19.1. The van der Waals surface area contributed by atoms with Gasteiger partial charge in [-0.25, -0.2) is 8.78 Å². The minimum absolute atomic E-state index is 0.107. The number of halogens is 2. The van der Waals surface area contributed by atoms with E-state index in [-0.39, 0.29) is 12.4 Å². The lowest BCUT2D eigenvalue weighted by atomic mass is 10.1. The van der Waals surface area contributed by atoms with Crippen LogP contribution in [0.1, 0.15) is 20.3 Å². The van der Waals surface area contributed by atoms with Crippen molar-refractivity contribution in [3.8, 4) is 5.75 Å². The minimum Gasteiger partial charge on any atom is -0.487 e. The second kappa shape index (κ2) is 6.66. The van der Waals surface area contributed by atoms with Gasteiger partial charge in [-0.2, -0.15) is 0 Å². The van der Waals surface area contributed by atoms with Crippen LogP contribution in [0.4, 0.5) is 8.78 Å². The Morgan fingerprint density at radius 2 is 2.11 bits per heavy atom. The van der Waals surface area contributed by atoms with Crippen molar-refractivity contribution >= 4 is 0 Å². The van der Waals surface area contributed by atoms with Crippen LogP contribution in [0.15, 0.2) is 18.2 Å². The van der Waals surface area contributed by atoms with Crippen LogP contribution in [0.5, 0.6) is 5.75 Å². The Kier molecular flexibility index (Phi) is 5.50. The molecule has 2 N–H and O–H groups in total. The average Bonchev–Trinajstić information content (AvgIpc) is 2.31. The van der Waals surface area contributed by atoms with E-state index in [4.69, 9.17) is 4.74 Å². The first-order valence-corrected chi connectivity index (χ1v) is 5.95. The molecular weight excluding hydrogens is 240 g/mol. The molecule has 1 atom stereocenters. The van der Waals surface area contributed by atoms with Gasteiger partial charge in [0, 0.05) is 12.6 Å². The normalized spacial score (nSPS) is 14.3. The van der Waals surface area contributed by atoms with Crippen molar-refractivity contribution in [2.24, 2.45) is 0 Å². The molecule has 0 aliphatic carbocycles. The molecule has 0 amide bonds. The summed E-state index contributed by atoms with van der Waals surface area (Å²) in [7, 11) is 0. The Hall–Kier alpha value is -1.20. The number of benzene rings is 1. The van der Waals surface area contributed by atoms with Gasteiger partial charge in [-0.3, -0.25) is 0 Å². The molecule has 0 aliphatic rings. The summed E-state index contributed by atoms with van der Waals surface area (Å²) in [6, 6.07) is 2.97. The maximum atomic E-state index is 13.3. The fourth-order valence-electron chi connectivity index (χ4n) is 1.41. The molecule has 1 unspecified atom stereocenters. The molecule has 0 saturated heterocycles. The summed E-state index contributed by atoms with van der Waals surface area (Å²) in [6.07, 6.45) is 0.954. The largest absolute Gasteiger partial charge is 0.487 e. The zero-order valence-electron chi connectivity index (χ0n) is 10.7. The molecule has 1 aromatic carbocycles. The molecule has 0 aromatic heterocycles. The van der Waals surface area contributed by atoms with Gasteiger partial charge in [0.1, 0.15) is 18.0 Å². The Bertz CT molecular complexity index is 383. The lowest BCUT2D eigenvalue weighted by Gasteiger charge is -2.24. The Morgan fingerprint density at radius 3 is 2.78 bits per heavy atom. The summed E-state index contributed by atoms with van der Waals surface area (Å²) in [4.78, 5) is 0. The third kappa shape index (κ3) is 4.98. The Morgan fingerprint density at radius 1 is 1.39 bits per heavy atom. The fourth-order valence-corrected chi connectivity index (χ4v) is 1.41. The molecule has 0 radical (unpaired) electrons. The molecule has 102 valence electrons. The zero-order valence-corrected chi connectivity index (χ0v) is 10.7. The Balaban J connectivity index is 2.50. The van der Waals surface area contributed by atoms with Crippen molar-refractivity contribution in [1.29, 1.82) is 0 Å². The first kappa shape index (κ1) is 14.9. The topological polar surface area (TPSA) is 41.5 Å². The van der Waals surface area contributed by atoms with Crippen LogP contribution in [0.25, 0.3) is 0 Å². The quantitative estimate of drug-likeness (QED) is 0.737. The summed E-state index contributed by atoms with van der Waals surface area (Å²) in [5, 5.41) is 13.0. The van der Waals surface area contributed by atoms with E-state index in [1.807, 2.05) is 6.92 Å². The molecule has 0 aliphatic heterocycles. The van der Waals surface area contributed by atoms with Gasteiger partial charge in [0.15, 0.2) is 11.6 Å². The highest BCUT2D eigenvalue weighted by molar-refractivity contribution is 5.24. The highest BCUT2D eigenvalue weighted by Crippen LogP contribution is 2.19. The highest BCUT2D eigenvalue weighted by Gasteiger charge is 2.21. The molecular formula is C13H19F2NO2. The van der Waals surface area contributed by atoms with E-state index in [2.05, 4.69) is 5.32 Å². The Labute approximate surface area is 106 Å². The summed E-state index contributed by atoms with van der Waals surface area (Å²) in [6.45, 7) is 4.60. The van der Waals surface area contributed by atoms with Crippen LogP contribution in [0.3, 0.4) is 0 Å². The van der Waals surface area contributed by atoms with E-state index in [0.29, 0.717) is 6.54 Å². The molecule has 0 heterocycles. The predicted molar refractivity (Wildman–Crippen MR) is 65.6 cm³/mol. The summed E-state index contributed by atoms with van der Waals surface area (Å²) >= 11 is 0. The van der Waals surface area contributed by atoms with Crippen LogP contribution in [0.2, 0.25) is 0 Å². The van der Waals surface area contributed by atoms with E-state index in [9.17, 15) is 13.9 Å². The van der Waals surface area contributed by atoms with Crippen molar-refractivity contribution in [3.63, 3.8) is 0 Å². The number of aliphatic hydroxyl groups is 1. The number of hydrogen-bond acceptors (Lipinski definition) is 3. The van der Waals surface area contributed by atoms with Gasteiger partial charge in [-0.05, 0) is 32.0 Å². The van der Waals surface area contributed by atoms with Gasteiger partial charge in [0.2, 0.25) is 0 Å². The maximum Gasteiger partial charge on any atom is 0.165 e. The lowest BCUT2D eigenvalue weighted by molar-refractivity contribution is 0.0112. The molecule has 3 nitrogen and oxygen atoms in total. The predicted octanol–water partition coefficient (Wildman–Crippen LogP) is 2.09. The van der Waals surface area contributed by atoms with Crippen LogP contribution < -0.4 is 10.1 Å². The second-order valence-corrected chi connectivity index (χ2v) is 4.54. The molecule has 1 aromatic rings. The number of rotatable bonds is 7. The van der Waals surface area contributed by atoms with E-state index in [0.717, 1.165) is 31.2 Å². The van der Waals surface area contributed by atoms with Crippen LogP contribution in [-0.2, 0) is 0 Å². The fraction of sp³-hybridized carbons (Fsp3) is 0.538.